The highest BCUT2D eigenvalue weighted by Crippen LogP contribution is 2.08. The smallest absolute Gasteiger partial charge is 0.255 e. The number of amides is 1. The van der Waals surface area contributed by atoms with Crippen LogP contribution in [0, 0.1) is 5.92 Å². The second-order valence-electron chi connectivity index (χ2n) is 3.82. The molecule has 0 aliphatic heterocycles. The van der Waals surface area contributed by atoms with Gasteiger partial charge in [0.25, 0.3) is 6.43 Å². The number of nitrogens with zero attached hydrogens (tertiary/aromatic N) is 1. The van der Waals surface area contributed by atoms with Gasteiger partial charge in [-0.1, -0.05) is 6.92 Å². The van der Waals surface area contributed by atoms with Gasteiger partial charge in [0.2, 0.25) is 5.91 Å². The van der Waals surface area contributed by atoms with Crippen LogP contribution in [0.2, 0.25) is 0 Å². The van der Waals surface area contributed by atoms with Crippen LogP contribution in [0.15, 0.2) is 0 Å². The van der Waals surface area contributed by atoms with E-state index in [9.17, 15) is 13.6 Å². The van der Waals surface area contributed by atoms with Crippen molar-refractivity contribution in [1.82, 2.24) is 4.90 Å². The van der Waals surface area contributed by atoms with Gasteiger partial charge in [0.15, 0.2) is 0 Å². The molecule has 0 saturated heterocycles. The Bertz CT molecular complexity index is 213. The lowest BCUT2D eigenvalue weighted by Crippen LogP contribution is -2.44. The highest BCUT2D eigenvalue weighted by Gasteiger charge is 2.25. The van der Waals surface area contributed by atoms with E-state index < -0.39 is 18.9 Å². The fraction of sp³-hybridized carbons (Fsp3) is 0.900. The van der Waals surface area contributed by atoms with Crippen LogP contribution in [0.5, 0.6) is 0 Å². The molecule has 0 saturated carbocycles. The normalized spacial score (nSPS) is 14.9. The van der Waals surface area contributed by atoms with Crippen LogP contribution in [-0.4, -0.2) is 50.1 Å². The van der Waals surface area contributed by atoms with E-state index in [1.807, 2.05) is 0 Å². The Labute approximate surface area is 94.7 Å². The van der Waals surface area contributed by atoms with Gasteiger partial charge in [-0.2, -0.15) is 0 Å². The molecule has 96 valence electrons. The van der Waals surface area contributed by atoms with Crippen molar-refractivity contribution >= 4 is 5.91 Å². The first kappa shape index (κ1) is 15.2. The number of carbonyl (C=O) groups is 1. The van der Waals surface area contributed by atoms with Crippen LogP contribution in [0.1, 0.15) is 13.8 Å². The van der Waals surface area contributed by atoms with Crippen molar-refractivity contribution in [2.45, 2.75) is 26.3 Å². The van der Waals surface area contributed by atoms with Crippen LogP contribution in [0.4, 0.5) is 8.78 Å². The summed E-state index contributed by atoms with van der Waals surface area (Å²) in [6, 6.07) is -0.352. The van der Waals surface area contributed by atoms with Gasteiger partial charge in [-0.3, -0.25) is 4.79 Å². The molecule has 0 rings (SSSR count). The molecule has 0 aliphatic carbocycles. The lowest BCUT2D eigenvalue weighted by Gasteiger charge is -2.26. The van der Waals surface area contributed by atoms with Crippen molar-refractivity contribution in [3.8, 4) is 0 Å². The summed E-state index contributed by atoms with van der Waals surface area (Å²) in [5.74, 6) is -0.817. The number of hydrogen-bond donors (Lipinski definition) is 1. The summed E-state index contributed by atoms with van der Waals surface area (Å²) in [5, 5.41) is 0. The minimum Gasteiger partial charge on any atom is -0.383 e. The number of ether oxygens (including phenoxy) is 1. The van der Waals surface area contributed by atoms with Gasteiger partial charge < -0.3 is 15.4 Å². The van der Waals surface area contributed by atoms with Crippen LogP contribution in [-0.2, 0) is 9.53 Å². The molecule has 0 spiro atoms. The quantitative estimate of drug-likeness (QED) is 0.710. The maximum Gasteiger partial charge on any atom is 0.255 e. The first-order valence-corrected chi connectivity index (χ1v) is 5.21. The third-order valence-electron chi connectivity index (χ3n) is 2.41. The van der Waals surface area contributed by atoms with Crippen molar-refractivity contribution in [2.75, 3.05) is 26.8 Å². The van der Waals surface area contributed by atoms with Gasteiger partial charge >= 0.3 is 0 Å². The van der Waals surface area contributed by atoms with Gasteiger partial charge in [-0.25, -0.2) is 8.78 Å². The lowest BCUT2D eigenvalue weighted by molar-refractivity contribution is -0.138. The SMILES string of the molecule is COCCN(CC(F)F)C(=O)C(C)C(C)N. The number of methoxy groups -OCH3 is 1. The van der Waals surface area contributed by atoms with Crippen LogP contribution >= 0.6 is 0 Å². The minimum absolute atomic E-state index is 0.163. The molecule has 0 heterocycles. The molecule has 0 fully saturated rings. The van der Waals surface area contributed by atoms with Gasteiger partial charge in [0.05, 0.1) is 19.1 Å². The number of alkyl halides is 2. The molecule has 6 heteroatoms. The molecular weight excluding hydrogens is 218 g/mol. The van der Waals surface area contributed by atoms with E-state index in [0.29, 0.717) is 0 Å². The molecule has 1 amide bonds. The average Bonchev–Trinajstić information content (AvgIpc) is 2.21. The van der Waals surface area contributed by atoms with E-state index in [1.54, 1.807) is 13.8 Å². The average molecular weight is 238 g/mol. The van der Waals surface area contributed by atoms with Gasteiger partial charge in [0.1, 0.15) is 0 Å². The highest BCUT2D eigenvalue weighted by atomic mass is 19.3. The lowest BCUT2D eigenvalue weighted by atomic mass is 10.0. The standard InChI is InChI=1S/C10H20F2N2O2/c1-7(8(2)13)10(15)14(4-5-16-3)6-9(11)12/h7-9H,4-6,13H2,1-3H3. The molecule has 0 radical (unpaired) electrons. The maximum atomic E-state index is 12.3. The Morgan fingerprint density at radius 3 is 2.38 bits per heavy atom. The summed E-state index contributed by atoms with van der Waals surface area (Å²) < 4.78 is 29.3. The zero-order valence-electron chi connectivity index (χ0n) is 9.95. The van der Waals surface area contributed by atoms with Crippen molar-refractivity contribution in [3.05, 3.63) is 0 Å². The molecule has 2 N–H and O–H groups in total. The number of hydrogen-bond acceptors (Lipinski definition) is 3. The molecule has 0 aromatic heterocycles. The first-order valence-electron chi connectivity index (χ1n) is 5.21. The zero-order valence-corrected chi connectivity index (χ0v) is 9.95. The second kappa shape index (κ2) is 7.51. The monoisotopic (exact) mass is 238 g/mol. The van der Waals surface area contributed by atoms with Crippen molar-refractivity contribution in [1.29, 1.82) is 0 Å². The summed E-state index contributed by atoms with van der Waals surface area (Å²) in [7, 11) is 1.46. The molecule has 2 atom stereocenters. The molecule has 0 aromatic carbocycles. The van der Waals surface area contributed by atoms with E-state index >= 15 is 0 Å². The molecule has 0 aromatic rings. The molecule has 0 aliphatic rings. The summed E-state index contributed by atoms with van der Waals surface area (Å²) in [6.07, 6.45) is -2.54. The largest absolute Gasteiger partial charge is 0.383 e. The first-order chi connectivity index (χ1) is 7.40. The Hall–Kier alpha value is -0.750. The summed E-state index contributed by atoms with van der Waals surface area (Å²) in [5.41, 5.74) is 5.57. The third-order valence-corrected chi connectivity index (χ3v) is 2.41. The van der Waals surface area contributed by atoms with Gasteiger partial charge in [-0.15, -0.1) is 0 Å². The Morgan fingerprint density at radius 2 is 2.00 bits per heavy atom. The third kappa shape index (κ3) is 5.37. The van der Waals surface area contributed by atoms with Crippen molar-refractivity contribution in [2.24, 2.45) is 11.7 Å². The predicted molar refractivity (Wildman–Crippen MR) is 57.3 cm³/mol. The topological polar surface area (TPSA) is 55.6 Å². The van der Waals surface area contributed by atoms with Gasteiger partial charge in [0, 0.05) is 19.7 Å². The number of halogens is 2. The molecular formula is C10H20F2N2O2. The van der Waals surface area contributed by atoms with E-state index in [0.717, 1.165) is 4.90 Å². The van der Waals surface area contributed by atoms with Crippen molar-refractivity contribution in [3.63, 3.8) is 0 Å². The Kier molecular flexibility index (Phi) is 7.16. The zero-order chi connectivity index (χ0) is 12.7. The fourth-order valence-electron chi connectivity index (χ4n) is 1.17. The Morgan fingerprint density at radius 1 is 1.44 bits per heavy atom. The Balaban J connectivity index is 4.42. The molecule has 16 heavy (non-hydrogen) atoms. The van der Waals surface area contributed by atoms with Gasteiger partial charge in [-0.05, 0) is 6.92 Å². The van der Waals surface area contributed by atoms with E-state index in [-0.39, 0.29) is 25.1 Å². The summed E-state index contributed by atoms with van der Waals surface area (Å²) in [4.78, 5) is 12.9. The molecule has 0 bridgehead atoms. The van der Waals surface area contributed by atoms with Crippen LogP contribution < -0.4 is 5.73 Å². The molecule has 2 unspecified atom stereocenters. The number of carbonyl (C=O) groups excluding carboxylic acids is 1. The fourth-order valence-corrected chi connectivity index (χ4v) is 1.17. The maximum absolute atomic E-state index is 12.3. The minimum atomic E-state index is -2.54. The van der Waals surface area contributed by atoms with E-state index in [2.05, 4.69) is 0 Å². The van der Waals surface area contributed by atoms with E-state index in [1.165, 1.54) is 7.11 Å². The van der Waals surface area contributed by atoms with Crippen LogP contribution in [0.25, 0.3) is 0 Å². The predicted octanol–water partition coefficient (Wildman–Crippen LogP) is 0.710. The van der Waals surface area contributed by atoms with E-state index in [4.69, 9.17) is 10.5 Å². The summed E-state index contributed by atoms with van der Waals surface area (Å²) in [6.45, 7) is 3.15. The summed E-state index contributed by atoms with van der Waals surface area (Å²) >= 11 is 0. The van der Waals surface area contributed by atoms with Crippen LogP contribution in [0.3, 0.4) is 0 Å². The highest BCUT2D eigenvalue weighted by molar-refractivity contribution is 5.79. The number of nitrogens with two attached hydrogens (primary N) is 1. The van der Waals surface area contributed by atoms with Crippen molar-refractivity contribution < 1.29 is 18.3 Å². The molecule has 4 nitrogen and oxygen atoms in total. The number of rotatable bonds is 7. The second-order valence-corrected chi connectivity index (χ2v) is 3.82.